The lowest BCUT2D eigenvalue weighted by Crippen LogP contribution is -2.53. The molecule has 3 aliphatic heterocycles. The Bertz CT molecular complexity index is 2120. The number of hydrogen-bond acceptors (Lipinski definition) is 8. The number of nitrogens with one attached hydrogen (secondary N) is 1. The van der Waals surface area contributed by atoms with E-state index in [0.29, 0.717) is 62.0 Å². The van der Waals surface area contributed by atoms with Gasteiger partial charge in [-0.25, -0.2) is 13.1 Å². The first-order valence-electron chi connectivity index (χ1n) is 19.9. The SMILES string of the molecule is C=C(c1ccc(C(=O)NS(=O)(=O)C(C)C)cc1N1CC(c2c(C(=O)N3CC4CCC(C3)N4C)c(C)nn2CC)=Cc2cc(OC)ccc2C1)C1CCCCC1. The molecular weight excluding hydrogens is 713 g/mol. The number of allylic oxidation sites excluding steroid dienone is 1. The number of nitrogens with zero attached hydrogens (tertiary/aromatic N) is 5. The summed E-state index contributed by atoms with van der Waals surface area (Å²) in [5.74, 6) is 0.369. The van der Waals surface area contributed by atoms with Gasteiger partial charge in [-0.3, -0.25) is 19.2 Å². The second kappa shape index (κ2) is 15.6. The number of aromatic nitrogens is 2. The molecule has 294 valence electrons. The highest BCUT2D eigenvalue weighted by Gasteiger charge is 2.41. The second-order valence-corrected chi connectivity index (χ2v) is 18.3. The lowest BCUT2D eigenvalue weighted by Gasteiger charge is -2.39. The number of likely N-dealkylation sites (tertiary alicyclic amines) is 1. The molecular formula is C43H56N6O5S. The van der Waals surface area contributed by atoms with Gasteiger partial charge in [0, 0.05) is 61.6 Å². The molecule has 1 saturated carbocycles. The molecule has 12 heteroatoms. The molecule has 2 unspecified atom stereocenters. The molecule has 2 bridgehead atoms. The maximum atomic E-state index is 14.7. The fourth-order valence-corrected chi connectivity index (χ4v) is 9.62. The van der Waals surface area contributed by atoms with Gasteiger partial charge in [-0.1, -0.05) is 38.0 Å². The van der Waals surface area contributed by atoms with Gasteiger partial charge in [-0.05, 0) is 119 Å². The van der Waals surface area contributed by atoms with E-state index >= 15 is 0 Å². The van der Waals surface area contributed by atoms with E-state index in [1.54, 1.807) is 27.0 Å². The summed E-state index contributed by atoms with van der Waals surface area (Å²) in [6.45, 7) is 14.6. The molecule has 4 heterocycles. The average molecular weight is 769 g/mol. The first-order valence-corrected chi connectivity index (χ1v) is 21.4. The van der Waals surface area contributed by atoms with Gasteiger partial charge in [0.15, 0.2) is 0 Å². The van der Waals surface area contributed by atoms with Crippen molar-refractivity contribution >= 4 is 44.7 Å². The zero-order chi connectivity index (χ0) is 39.2. The van der Waals surface area contributed by atoms with Crippen LogP contribution in [0.2, 0.25) is 0 Å². The highest BCUT2D eigenvalue weighted by molar-refractivity contribution is 7.90. The smallest absolute Gasteiger partial charge is 0.264 e. The lowest BCUT2D eigenvalue weighted by molar-refractivity contribution is 0.0523. The van der Waals surface area contributed by atoms with E-state index in [1.807, 2.05) is 47.7 Å². The van der Waals surface area contributed by atoms with Crippen molar-refractivity contribution in [2.24, 2.45) is 5.92 Å². The lowest BCUT2D eigenvalue weighted by atomic mass is 9.81. The number of rotatable bonds is 10. The minimum absolute atomic E-state index is 0.0103. The second-order valence-electron chi connectivity index (χ2n) is 16.1. The standard InChI is InChI=1S/C43H56N6O5S/c1-8-49-41(40(29(5)44-49)43(51)48-25-35-16-17-36(26-48)46(35)6)34-20-33-21-37(54-7)18-14-32(33)23-47(24-34)39-22-31(42(50)45-55(52,53)27(2)3)15-19-38(39)28(4)30-12-10-9-11-13-30/h14-15,18-22,27,30,35-36H,4,8-13,16-17,23-26H2,1-3,5-7H3,(H,45,50). The van der Waals surface area contributed by atoms with Gasteiger partial charge in [-0.2, -0.15) is 5.10 Å². The zero-order valence-corrected chi connectivity index (χ0v) is 34.0. The zero-order valence-electron chi connectivity index (χ0n) is 33.2. The number of hydrogen-bond donors (Lipinski definition) is 1. The number of sulfonamides is 1. The molecule has 7 rings (SSSR count). The summed E-state index contributed by atoms with van der Waals surface area (Å²) in [4.78, 5) is 35.0. The summed E-state index contributed by atoms with van der Waals surface area (Å²) in [7, 11) is -0.0289. The van der Waals surface area contributed by atoms with Crippen LogP contribution in [0.15, 0.2) is 43.0 Å². The molecule has 3 aromatic rings. The van der Waals surface area contributed by atoms with Gasteiger partial charge in [-0.15, -0.1) is 0 Å². The predicted octanol–water partition coefficient (Wildman–Crippen LogP) is 6.76. The summed E-state index contributed by atoms with van der Waals surface area (Å²) in [6, 6.07) is 12.2. The molecule has 1 N–H and O–H groups in total. The average Bonchev–Trinajstić information content (AvgIpc) is 3.50. The van der Waals surface area contributed by atoms with E-state index in [-0.39, 0.29) is 11.5 Å². The van der Waals surface area contributed by atoms with Crippen molar-refractivity contribution < 1.29 is 22.7 Å². The number of likely N-dealkylation sites (N-methyl/N-ethyl adjacent to an activating group) is 1. The minimum atomic E-state index is -3.86. The van der Waals surface area contributed by atoms with Crippen molar-refractivity contribution in [1.29, 1.82) is 0 Å². The van der Waals surface area contributed by atoms with Gasteiger partial charge in [0.1, 0.15) is 5.75 Å². The third-order valence-electron chi connectivity index (χ3n) is 12.4. The molecule has 2 atom stereocenters. The maximum absolute atomic E-state index is 14.7. The van der Waals surface area contributed by atoms with Crippen molar-refractivity contribution in [3.05, 3.63) is 82.2 Å². The first kappa shape index (κ1) is 38.8. The highest BCUT2D eigenvalue weighted by atomic mass is 32.2. The van der Waals surface area contributed by atoms with Crippen molar-refractivity contribution in [2.75, 3.05) is 38.7 Å². The molecule has 4 aliphatic rings. The number of carbonyl (C=O) groups excluding carboxylic acids is 2. The number of piperazine rings is 1. The topological polar surface area (TPSA) is 117 Å². The Labute approximate surface area is 326 Å². The molecule has 0 spiro atoms. The summed E-state index contributed by atoms with van der Waals surface area (Å²) in [5, 5.41) is 4.18. The van der Waals surface area contributed by atoms with Crippen LogP contribution >= 0.6 is 0 Å². The summed E-state index contributed by atoms with van der Waals surface area (Å²) in [5.41, 5.74) is 8.06. The van der Waals surface area contributed by atoms with Gasteiger partial charge in [0.05, 0.1) is 29.3 Å². The summed E-state index contributed by atoms with van der Waals surface area (Å²) < 4.78 is 35.6. The number of benzene rings is 2. The highest BCUT2D eigenvalue weighted by Crippen LogP contribution is 2.42. The predicted molar refractivity (Wildman–Crippen MR) is 219 cm³/mol. The Kier molecular flexibility index (Phi) is 11.0. The molecule has 2 saturated heterocycles. The van der Waals surface area contributed by atoms with Crippen LogP contribution < -0.4 is 14.4 Å². The molecule has 55 heavy (non-hydrogen) atoms. The van der Waals surface area contributed by atoms with Crippen LogP contribution in [0.1, 0.15) is 115 Å². The van der Waals surface area contributed by atoms with E-state index in [2.05, 4.69) is 40.3 Å². The number of anilines is 1. The summed E-state index contributed by atoms with van der Waals surface area (Å²) >= 11 is 0. The van der Waals surface area contributed by atoms with Crippen molar-refractivity contribution in [2.45, 2.75) is 103 Å². The number of amides is 2. The molecule has 0 radical (unpaired) electrons. The van der Waals surface area contributed by atoms with E-state index in [9.17, 15) is 18.0 Å². The third-order valence-corrected chi connectivity index (χ3v) is 14.1. The Hall–Kier alpha value is -4.42. The van der Waals surface area contributed by atoms with Gasteiger partial charge in [0.2, 0.25) is 10.0 Å². The number of aryl methyl sites for hydroxylation is 2. The molecule has 11 nitrogen and oxygen atoms in total. The Balaban J connectivity index is 1.36. The van der Waals surface area contributed by atoms with E-state index in [1.165, 1.54) is 6.42 Å². The monoisotopic (exact) mass is 768 g/mol. The van der Waals surface area contributed by atoms with Crippen molar-refractivity contribution in [3.63, 3.8) is 0 Å². The van der Waals surface area contributed by atoms with Crippen LogP contribution in [0.25, 0.3) is 17.2 Å². The Morgan fingerprint density at radius 1 is 1.00 bits per heavy atom. The Morgan fingerprint density at radius 2 is 1.71 bits per heavy atom. The van der Waals surface area contributed by atoms with Crippen LogP contribution in [0.5, 0.6) is 5.75 Å². The fraction of sp³-hybridized carbons (Fsp3) is 0.512. The first-order chi connectivity index (χ1) is 26.3. The summed E-state index contributed by atoms with van der Waals surface area (Å²) in [6.07, 6.45) is 9.95. The van der Waals surface area contributed by atoms with Crippen molar-refractivity contribution in [1.82, 2.24) is 24.3 Å². The minimum Gasteiger partial charge on any atom is -0.497 e. The van der Waals surface area contributed by atoms with Crippen LogP contribution in [-0.2, 0) is 23.1 Å². The molecule has 1 aliphatic carbocycles. The van der Waals surface area contributed by atoms with Crippen LogP contribution in [-0.4, -0.2) is 90.9 Å². The van der Waals surface area contributed by atoms with E-state index in [0.717, 1.165) is 83.5 Å². The largest absolute Gasteiger partial charge is 0.497 e. The van der Waals surface area contributed by atoms with E-state index < -0.39 is 21.2 Å². The molecule has 2 amide bonds. The van der Waals surface area contributed by atoms with Crippen molar-refractivity contribution in [3.8, 4) is 5.75 Å². The number of carbonyl (C=O) groups is 2. The molecule has 2 aromatic carbocycles. The van der Waals surface area contributed by atoms with Gasteiger partial charge < -0.3 is 14.5 Å². The maximum Gasteiger partial charge on any atom is 0.264 e. The van der Waals surface area contributed by atoms with E-state index in [4.69, 9.17) is 9.84 Å². The Morgan fingerprint density at radius 3 is 2.36 bits per heavy atom. The molecule has 1 aromatic heterocycles. The molecule has 3 fully saturated rings. The quantitative estimate of drug-likeness (QED) is 0.241. The van der Waals surface area contributed by atoms with Gasteiger partial charge in [0.25, 0.3) is 11.8 Å². The number of fused-ring (bicyclic) bond motifs is 3. The number of methoxy groups -OCH3 is 1. The van der Waals surface area contributed by atoms with Crippen LogP contribution in [0, 0.1) is 12.8 Å². The normalized spacial score (nSPS) is 20.6. The third kappa shape index (κ3) is 7.59. The van der Waals surface area contributed by atoms with Gasteiger partial charge >= 0.3 is 0 Å². The fourth-order valence-electron chi connectivity index (χ4n) is 9.01. The van der Waals surface area contributed by atoms with Crippen LogP contribution in [0.3, 0.4) is 0 Å². The van der Waals surface area contributed by atoms with Crippen LogP contribution in [0.4, 0.5) is 5.69 Å². The number of ether oxygens (including phenoxy) is 1.